The average Bonchev–Trinajstić information content (AvgIpc) is 2.86. The molecule has 4 saturated carbocycles. The van der Waals surface area contributed by atoms with E-state index < -0.39 is 11.7 Å². The lowest BCUT2D eigenvalue weighted by molar-refractivity contribution is -0.950. The van der Waals surface area contributed by atoms with Crippen LogP contribution in [0.1, 0.15) is 65.7 Å². The number of carbonyl (C=O) groups excluding carboxylic acids is 2. The first kappa shape index (κ1) is 28.8. The van der Waals surface area contributed by atoms with Crippen molar-refractivity contribution in [2.24, 2.45) is 23.7 Å². The van der Waals surface area contributed by atoms with Crippen LogP contribution in [0.25, 0.3) is 0 Å². The second-order valence-electron chi connectivity index (χ2n) is 13.7. The summed E-state index contributed by atoms with van der Waals surface area (Å²) in [5, 5.41) is 25.9. The van der Waals surface area contributed by atoms with Crippen molar-refractivity contribution in [1.29, 1.82) is 0 Å². The van der Waals surface area contributed by atoms with E-state index in [-0.39, 0.29) is 35.4 Å². The van der Waals surface area contributed by atoms with Crippen LogP contribution in [-0.4, -0.2) is 71.0 Å². The summed E-state index contributed by atoms with van der Waals surface area (Å²) in [7, 11) is 0. The third-order valence-corrected chi connectivity index (χ3v) is 10.6. The van der Waals surface area contributed by atoms with Crippen molar-refractivity contribution in [1.82, 2.24) is 5.32 Å². The molecule has 0 spiro atoms. The third kappa shape index (κ3) is 5.87. The Balaban J connectivity index is 1.16. The van der Waals surface area contributed by atoms with Crippen molar-refractivity contribution in [2.45, 2.75) is 95.0 Å². The van der Waals surface area contributed by atoms with Crippen LogP contribution in [0.2, 0.25) is 5.02 Å². The Hall–Kier alpha value is -1.71. The number of anilines is 1. The quantitative estimate of drug-likeness (QED) is 0.305. The number of piperazine rings is 1. The molecule has 5 fully saturated rings. The van der Waals surface area contributed by atoms with E-state index in [2.05, 4.69) is 24.9 Å². The van der Waals surface area contributed by atoms with E-state index in [1.165, 1.54) is 0 Å². The third-order valence-electron chi connectivity index (χ3n) is 10.3. The first-order valence-corrected chi connectivity index (χ1v) is 15.2. The maximum Gasteiger partial charge on any atom is 0.282 e. The van der Waals surface area contributed by atoms with Gasteiger partial charge in [0.25, 0.3) is 5.91 Å². The van der Waals surface area contributed by atoms with Gasteiger partial charge in [0, 0.05) is 12.0 Å². The number of para-hydroxylation sites is 1. The van der Waals surface area contributed by atoms with Gasteiger partial charge in [-0.25, -0.2) is 0 Å². The Morgan fingerprint density at radius 1 is 1.23 bits per heavy atom. The normalized spacial score (nSPS) is 35.5. The van der Waals surface area contributed by atoms with E-state index in [1.807, 2.05) is 25.1 Å². The number of aliphatic hydroxyl groups is 2. The van der Waals surface area contributed by atoms with Gasteiger partial charge in [0.15, 0.2) is 12.6 Å². The fourth-order valence-corrected chi connectivity index (χ4v) is 8.48. The fraction of sp³-hybridized carbons (Fsp3) is 0.733. The van der Waals surface area contributed by atoms with Crippen LogP contribution in [0.3, 0.4) is 0 Å². The zero-order valence-corrected chi connectivity index (χ0v) is 24.4. The summed E-state index contributed by atoms with van der Waals surface area (Å²) in [4.78, 5) is 29.3. The minimum atomic E-state index is -0.736. The van der Waals surface area contributed by atoms with Gasteiger partial charge in [-0.1, -0.05) is 30.7 Å². The molecular formula is C30H47ClN4O4+2. The van der Waals surface area contributed by atoms with E-state index in [1.54, 1.807) is 11.0 Å². The molecule has 39 heavy (non-hydrogen) atoms. The number of nitrogens with zero attached hydrogens (tertiary/aromatic N) is 1. The van der Waals surface area contributed by atoms with Crippen molar-refractivity contribution in [3.8, 4) is 0 Å². The van der Waals surface area contributed by atoms with Crippen molar-refractivity contribution in [3.05, 3.63) is 29.3 Å². The van der Waals surface area contributed by atoms with Gasteiger partial charge in [0.05, 0.1) is 22.9 Å². The van der Waals surface area contributed by atoms with Gasteiger partial charge in [-0.15, -0.1) is 0 Å². The van der Waals surface area contributed by atoms with Crippen LogP contribution >= 0.6 is 11.6 Å². The second kappa shape index (κ2) is 10.9. The van der Waals surface area contributed by atoms with Gasteiger partial charge in [0.2, 0.25) is 5.91 Å². The maximum atomic E-state index is 13.4. The molecule has 4 bridgehead atoms. The largest absolute Gasteiger partial charge is 0.390 e. The number of rotatable bonds is 9. The summed E-state index contributed by atoms with van der Waals surface area (Å²) in [5.41, 5.74) is 4.22. The summed E-state index contributed by atoms with van der Waals surface area (Å²) in [6, 6.07) is 7.24. The lowest BCUT2D eigenvalue weighted by Gasteiger charge is -2.58. The van der Waals surface area contributed by atoms with Crippen molar-refractivity contribution < 1.29 is 30.4 Å². The minimum Gasteiger partial charge on any atom is -0.390 e. The number of quaternary nitrogens is 2. The molecule has 2 amide bonds. The number of benzene rings is 1. The number of carbonyl (C=O) groups is 2. The van der Waals surface area contributed by atoms with Crippen LogP contribution in [0.4, 0.5) is 5.69 Å². The van der Waals surface area contributed by atoms with E-state index in [9.17, 15) is 19.8 Å². The number of hydrogen-bond donors (Lipinski definition) is 5. The highest BCUT2D eigenvalue weighted by Gasteiger charge is 2.55. The Labute approximate surface area is 237 Å². The van der Waals surface area contributed by atoms with Gasteiger partial charge in [-0.3, -0.25) is 14.5 Å². The summed E-state index contributed by atoms with van der Waals surface area (Å²) >= 11 is 6.38. The van der Waals surface area contributed by atoms with Gasteiger partial charge >= 0.3 is 0 Å². The summed E-state index contributed by atoms with van der Waals surface area (Å²) in [6.45, 7) is 7.61. The standard InChI is InChI=1S/C30H45ClN4O4/c1-4-19(28(38)33-27-20-9-18-10-21(27)14-30(39,12-18)13-20)11-25(36)23(32)15-34-16-26(37)35(17-29(34,2)3)24-8-6-5-7-22(24)31/h5-8,18-21,23,25,27,36,39H,4,9-17,32H2,1-3H3,(H,33,38)/p+2/t18?,19-,20-,21+,23+,25+,27?,30?/m1/s1. The zero-order chi connectivity index (χ0) is 28.1. The molecule has 0 radical (unpaired) electrons. The topological polar surface area (TPSA) is 122 Å². The molecule has 1 saturated heterocycles. The minimum absolute atomic E-state index is 0.00486. The molecule has 4 unspecified atom stereocenters. The lowest BCUT2D eigenvalue weighted by atomic mass is 9.52. The second-order valence-corrected chi connectivity index (χ2v) is 14.1. The van der Waals surface area contributed by atoms with Gasteiger partial charge in [0.1, 0.15) is 18.2 Å². The molecule has 1 aliphatic heterocycles. The highest BCUT2D eigenvalue weighted by molar-refractivity contribution is 6.33. The Morgan fingerprint density at radius 2 is 1.90 bits per heavy atom. The molecule has 5 aliphatic rings. The molecule has 8 nitrogen and oxygen atoms in total. The van der Waals surface area contributed by atoms with Crippen LogP contribution in [0, 0.1) is 23.7 Å². The molecule has 6 rings (SSSR count). The smallest absolute Gasteiger partial charge is 0.282 e. The van der Waals surface area contributed by atoms with Crippen LogP contribution in [0.5, 0.6) is 0 Å². The number of aliphatic hydroxyl groups excluding tert-OH is 1. The molecule has 9 atom stereocenters. The van der Waals surface area contributed by atoms with E-state index in [4.69, 9.17) is 11.6 Å². The van der Waals surface area contributed by atoms with Crippen molar-refractivity contribution in [2.75, 3.05) is 24.5 Å². The summed E-state index contributed by atoms with van der Waals surface area (Å²) < 4.78 is 0. The first-order valence-electron chi connectivity index (χ1n) is 14.8. The average molecular weight is 563 g/mol. The van der Waals surface area contributed by atoms with E-state index in [0.717, 1.165) is 42.7 Å². The van der Waals surface area contributed by atoms with Gasteiger partial charge in [-0.05, 0) is 88.7 Å². The van der Waals surface area contributed by atoms with E-state index in [0.29, 0.717) is 55.3 Å². The van der Waals surface area contributed by atoms with Crippen molar-refractivity contribution in [3.63, 3.8) is 0 Å². The SMILES string of the molecule is CC[C@H](C[C@H](O)[C@@H]([NH3+])C[NH+]1CC(=O)N(c2ccccc2Cl)CC1(C)C)C(=O)NC1[C@@H]2CC3C[C@H]1CC(O)(C3)C2. The molecule has 216 valence electrons. The number of amides is 2. The Kier molecular flexibility index (Phi) is 8.08. The maximum absolute atomic E-state index is 13.4. The fourth-order valence-electron chi connectivity index (χ4n) is 8.25. The molecule has 4 aliphatic carbocycles. The van der Waals surface area contributed by atoms with Gasteiger partial charge < -0.3 is 26.2 Å². The molecule has 9 heteroatoms. The highest BCUT2D eigenvalue weighted by Crippen LogP contribution is 2.55. The number of hydrogen-bond acceptors (Lipinski definition) is 4. The molecule has 1 aromatic rings. The lowest BCUT2D eigenvalue weighted by Crippen LogP contribution is -3.24. The summed E-state index contributed by atoms with van der Waals surface area (Å²) in [6.07, 6.45) is 5.00. The predicted molar refractivity (Wildman–Crippen MR) is 150 cm³/mol. The summed E-state index contributed by atoms with van der Waals surface area (Å²) in [5.74, 6) is 1.06. The molecule has 1 heterocycles. The van der Waals surface area contributed by atoms with Crippen LogP contribution in [0.15, 0.2) is 24.3 Å². The van der Waals surface area contributed by atoms with Crippen LogP contribution in [-0.2, 0) is 9.59 Å². The monoisotopic (exact) mass is 562 g/mol. The van der Waals surface area contributed by atoms with Gasteiger partial charge in [-0.2, -0.15) is 0 Å². The molecule has 7 N–H and O–H groups in total. The molecule has 0 aromatic heterocycles. The highest BCUT2D eigenvalue weighted by atomic mass is 35.5. The Bertz CT molecular complexity index is 1070. The van der Waals surface area contributed by atoms with Crippen LogP contribution < -0.4 is 20.9 Å². The number of nitrogens with one attached hydrogen (secondary N) is 2. The van der Waals surface area contributed by atoms with E-state index >= 15 is 0 Å². The first-order chi connectivity index (χ1) is 18.4. The predicted octanol–water partition coefficient (Wildman–Crippen LogP) is 0.794. The molecular weight excluding hydrogens is 516 g/mol. The van der Waals surface area contributed by atoms with Crippen molar-refractivity contribution >= 4 is 29.1 Å². The number of halogens is 1. The molecule has 1 aromatic carbocycles. The zero-order valence-electron chi connectivity index (χ0n) is 23.7. The Morgan fingerprint density at radius 3 is 2.51 bits per heavy atom.